The lowest BCUT2D eigenvalue weighted by atomic mass is 9.95. The van der Waals surface area contributed by atoms with Crippen LogP contribution in [0.5, 0.6) is 5.75 Å². The maximum atomic E-state index is 11.6. The van der Waals surface area contributed by atoms with Crippen LogP contribution in [0.3, 0.4) is 0 Å². The van der Waals surface area contributed by atoms with Gasteiger partial charge in [-0.25, -0.2) is 0 Å². The Morgan fingerprint density at radius 2 is 1.92 bits per heavy atom. The van der Waals surface area contributed by atoms with Gasteiger partial charge >= 0.3 is 0 Å². The third-order valence-corrected chi connectivity index (χ3v) is 4.53. The number of nitrogen functional groups attached to an aromatic ring is 1. The maximum absolute atomic E-state index is 11.6. The summed E-state index contributed by atoms with van der Waals surface area (Å²) < 4.78 is 1.60. The highest BCUT2D eigenvalue weighted by Crippen LogP contribution is 2.32. The molecule has 0 saturated heterocycles. The highest BCUT2D eigenvalue weighted by atomic mass is 16.3. The number of rotatable bonds is 2. The number of fused-ring (bicyclic) bond motifs is 1. The van der Waals surface area contributed by atoms with Crippen molar-refractivity contribution in [2.24, 2.45) is 0 Å². The van der Waals surface area contributed by atoms with E-state index in [1.807, 2.05) is 49.5 Å². The topological polar surface area (TPSA) is 81.1 Å². The normalized spacial score (nSPS) is 11.0. The van der Waals surface area contributed by atoms with Crippen molar-refractivity contribution >= 4 is 16.6 Å². The van der Waals surface area contributed by atoms with Crippen LogP contribution in [0, 0.1) is 6.92 Å². The van der Waals surface area contributed by atoms with E-state index < -0.39 is 5.43 Å². The highest BCUT2D eigenvalue weighted by Gasteiger charge is 2.10. The predicted octanol–water partition coefficient (Wildman–Crippen LogP) is 3.65. The van der Waals surface area contributed by atoms with E-state index in [2.05, 4.69) is 11.1 Å². The molecule has 2 heterocycles. The zero-order valence-electron chi connectivity index (χ0n) is 14.2. The number of nitrogens with two attached hydrogens (primary N) is 1. The molecule has 0 aliphatic rings. The molecule has 0 atom stereocenters. The molecule has 5 nitrogen and oxygen atoms in total. The quantitative estimate of drug-likeness (QED) is 0.582. The fraction of sp³-hybridized carbons (Fsp3) is 0.0476. The summed E-state index contributed by atoms with van der Waals surface area (Å²) >= 11 is 0. The molecule has 0 fully saturated rings. The van der Waals surface area contributed by atoms with Crippen molar-refractivity contribution in [1.82, 2.24) is 9.55 Å². The first-order valence-electron chi connectivity index (χ1n) is 8.20. The molecule has 2 aromatic heterocycles. The van der Waals surface area contributed by atoms with E-state index in [1.165, 1.54) is 12.3 Å². The van der Waals surface area contributed by atoms with Gasteiger partial charge in [-0.2, -0.15) is 0 Å². The van der Waals surface area contributed by atoms with Crippen LogP contribution in [0.15, 0.2) is 71.9 Å². The monoisotopic (exact) mass is 343 g/mol. The average Bonchev–Trinajstić information content (AvgIpc) is 2.65. The van der Waals surface area contributed by atoms with Crippen LogP contribution in [0.1, 0.15) is 5.56 Å². The van der Waals surface area contributed by atoms with Crippen molar-refractivity contribution in [3.63, 3.8) is 0 Å². The largest absolute Gasteiger partial charge is 0.503 e. The standard InChI is InChI=1S/C21H17N3O2/c1-13-5-6-15(24-12-20(26)19(25)10-21(24)22)9-18(13)17-4-2-3-14-11-23-8-7-16(14)17/h2-12,26H,22H2,1H3. The molecule has 0 aliphatic heterocycles. The van der Waals surface area contributed by atoms with Gasteiger partial charge in [0.1, 0.15) is 5.82 Å². The van der Waals surface area contributed by atoms with Crippen molar-refractivity contribution < 1.29 is 5.11 Å². The second-order valence-corrected chi connectivity index (χ2v) is 6.22. The van der Waals surface area contributed by atoms with Gasteiger partial charge in [0.15, 0.2) is 5.75 Å². The summed E-state index contributed by atoms with van der Waals surface area (Å²) in [5, 5.41) is 11.9. The molecule has 0 unspecified atom stereocenters. The molecule has 4 rings (SSSR count). The van der Waals surface area contributed by atoms with Gasteiger partial charge in [0, 0.05) is 29.5 Å². The lowest BCUT2D eigenvalue weighted by Gasteiger charge is -2.15. The number of nitrogens with zero attached hydrogens (tertiary/aromatic N) is 2. The number of anilines is 1. The van der Waals surface area contributed by atoms with Crippen LogP contribution in [0.2, 0.25) is 0 Å². The zero-order chi connectivity index (χ0) is 18.3. The van der Waals surface area contributed by atoms with E-state index in [-0.39, 0.29) is 11.6 Å². The van der Waals surface area contributed by atoms with Crippen LogP contribution in [0.25, 0.3) is 27.6 Å². The van der Waals surface area contributed by atoms with Gasteiger partial charge in [0.2, 0.25) is 5.43 Å². The molecule has 26 heavy (non-hydrogen) atoms. The Hall–Kier alpha value is -3.60. The van der Waals surface area contributed by atoms with Crippen molar-refractivity contribution in [1.29, 1.82) is 0 Å². The summed E-state index contributed by atoms with van der Waals surface area (Å²) in [5.41, 5.74) is 9.51. The molecule has 0 bridgehead atoms. The summed E-state index contributed by atoms with van der Waals surface area (Å²) in [6.07, 6.45) is 4.97. The number of aromatic nitrogens is 2. The van der Waals surface area contributed by atoms with Crippen LogP contribution in [-0.4, -0.2) is 14.7 Å². The first-order chi connectivity index (χ1) is 12.5. The number of hydrogen-bond donors (Lipinski definition) is 2. The van der Waals surface area contributed by atoms with E-state index in [1.54, 1.807) is 10.8 Å². The molecule has 5 heteroatoms. The first-order valence-corrected chi connectivity index (χ1v) is 8.20. The molecule has 0 aliphatic carbocycles. The van der Waals surface area contributed by atoms with E-state index in [9.17, 15) is 9.90 Å². The third kappa shape index (κ3) is 2.59. The average molecular weight is 343 g/mol. The van der Waals surface area contributed by atoms with Crippen molar-refractivity contribution in [3.8, 4) is 22.6 Å². The molecule has 0 amide bonds. The Labute approximate surface area is 150 Å². The predicted molar refractivity (Wildman–Crippen MR) is 104 cm³/mol. The van der Waals surface area contributed by atoms with Gasteiger partial charge in [0.05, 0.1) is 6.20 Å². The number of benzene rings is 2. The number of pyridine rings is 2. The number of hydrogen-bond acceptors (Lipinski definition) is 4. The molecular weight excluding hydrogens is 326 g/mol. The van der Waals surface area contributed by atoms with Crippen LogP contribution in [0.4, 0.5) is 5.82 Å². The lowest BCUT2D eigenvalue weighted by molar-refractivity contribution is 0.466. The van der Waals surface area contributed by atoms with Crippen molar-refractivity contribution in [2.75, 3.05) is 5.73 Å². The SMILES string of the molecule is Cc1ccc(-n2cc(O)c(=O)cc2N)cc1-c1cccc2cnccc12. The zero-order valence-corrected chi connectivity index (χ0v) is 14.2. The minimum atomic E-state index is -0.493. The second kappa shape index (κ2) is 6.04. The van der Waals surface area contributed by atoms with Crippen molar-refractivity contribution in [3.05, 3.63) is 82.9 Å². The Balaban J connectivity index is 1.96. The molecule has 3 N–H and O–H groups in total. The van der Waals surface area contributed by atoms with E-state index in [0.29, 0.717) is 0 Å². The Kier molecular flexibility index (Phi) is 3.69. The van der Waals surface area contributed by atoms with Crippen LogP contribution in [-0.2, 0) is 0 Å². The molecule has 128 valence electrons. The molecule has 0 spiro atoms. The summed E-state index contributed by atoms with van der Waals surface area (Å²) in [7, 11) is 0. The lowest BCUT2D eigenvalue weighted by Crippen LogP contribution is -2.10. The second-order valence-electron chi connectivity index (χ2n) is 6.22. The van der Waals surface area contributed by atoms with E-state index in [0.717, 1.165) is 33.2 Å². The minimum absolute atomic E-state index is 0.268. The molecule has 2 aromatic carbocycles. The minimum Gasteiger partial charge on any atom is -0.503 e. The molecule has 0 saturated carbocycles. The van der Waals surface area contributed by atoms with Gasteiger partial charge in [-0.1, -0.05) is 24.3 Å². The summed E-state index contributed by atoms with van der Waals surface area (Å²) in [6, 6.07) is 15.2. The van der Waals surface area contributed by atoms with Gasteiger partial charge in [0.25, 0.3) is 0 Å². The van der Waals surface area contributed by atoms with E-state index >= 15 is 0 Å². The molecule has 4 aromatic rings. The fourth-order valence-corrected chi connectivity index (χ4v) is 3.17. The fourth-order valence-electron chi connectivity index (χ4n) is 3.17. The van der Waals surface area contributed by atoms with Gasteiger partial charge < -0.3 is 10.8 Å². The Morgan fingerprint density at radius 1 is 1.08 bits per heavy atom. The molecule has 0 radical (unpaired) electrons. The highest BCUT2D eigenvalue weighted by molar-refractivity contribution is 5.97. The smallest absolute Gasteiger partial charge is 0.225 e. The summed E-state index contributed by atoms with van der Waals surface area (Å²) in [4.78, 5) is 15.7. The van der Waals surface area contributed by atoms with Crippen LogP contribution >= 0.6 is 0 Å². The Morgan fingerprint density at radius 3 is 2.77 bits per heavy atom. The van der Waals surface area contributed by atoms with Crippen molar-refractivity contribution in [2.45, 2.75) is 6.92 Å². The molecular formula is C21H17N3O2. The van der Waals surface area contributed by atoms with Gasteiger partial charge in [-0.15, -0.1) is 0 Å². The van der Waals surface area contributed by atoms with Gasteiger partial charge in [-0.3, -0.25) is 14.3 Å². The summed E-state index contributed by atoms with van der Waals surface area (Å²) in [5.74, 6) is -0.0673. The number of aryl methyl sites for hydroxylation is 1. The van der Waals surface area contributed by atoms with Crippen LogP contribution < -0.4 is 11.2 Å². The third-order valence-electron chi connectivity index (χ3n) is 4.53. The van der Waals surface area contributed by atoms with Gasteiger partial charge in [-0.05, 0) is 47.2 Å². The Bertz CT molecular complexity index is 1190. The summed E-state index contributed by atoms with van der Waals surface area (Å²) in [6.45, 7) is 2.05. The maximum Gasteiger partial charge on any atom is 0.225 e. The number of aromatic hydroxyl groups is 1. The first kappa shape index (κ1) is 15.9. The van der Waals surface area contributed by atoms with E-state index in [4.69, 9.17) is 5.73 Å².